The van der Waals surface area contributed by atoms with Gasteiger partial charge in [-0.25, -0.2) is 4.79 Å². The SMILES string of the molecule is C=C=N.C=C=O.O.O.O=[N+]([O-])c1ccccc1. The fraction of sp³-hybridized carbons (Fsp3) is 0. The molecule has 0 amide bonds. The molecular weight excluding hydrogens is 228 g/mol. The van der Waals surface area contributed by atoms with Crippen LogP contribution in [0.1, 0.15) is 0 Å². The van der Waals surface area contributed by atoms with Gasteiger partial charge in [0.2, 0.25) is 0 Å². The molecule has 17 heavy (non-hydrogen) atoms. The number of para-hydroxylation sites is 1. The maximum Gasteiger partial charge on any atom is 0.269 e. The summed E-state index contributed by atoms with van der Waals surface area (Å²) in [5.41, 5.74) is 0.137. The molecule has 0 heterocycles. The van der Waals surface area contributed by atoms with E-state index in [1.54, 1.807) is 24.1 Å². The second-order valence-electron chi connectivity index (χ2n) is 1.91. The first-order valence-electron chi connectivity index (χ1n) is 3.66. The van der Waals surface area contributed by atoms with Gasteiger partial charge in [-0.05, 0) is 19.0 Å². The lowest BCUT2D eigenvalue weighted by atomic mass is 10.3. The highest BCUT2D eigenvalue weighted by Crippen LogP contribution is 2.06. The number of non-ortho nitro benzene ring substituents is 1. The van der Waals surface area contributed by atoms with Gasteiger partial charge in [0.1, 0.15) is 5.94 Å². The van der Waals surface area contributed by atoms with E-state index in [0.29, 0.717) is 0 Å². The summed E-state index contributed by atoms with van der Waals surface area (Å²) in [6.45, 7) is 5.58. The summed E-state index contributed by atoms with van der Waals surface area (Å²) in [6, 6.07) is 7.93. The number of nitro benzene ring substituents is 1. The fourth-order valence-electron chi connectivity index (χ4n) is 0.550. The first-order valence-corrected chi connectivity index (χ1v) is 3.66. The minimum atomic E-state index is -0.417. The predicted octanol–water partition coefficient (Wildman–Crippen LogP) is 0.370. The van der Waals surface area contributed by atoms with Crippen molar-refractivity contribution in [2.75, 3.05) is 0 Å². The van der Waals surface area contributed by atoms with E-state index >= 15 is 0 Å². The minimum Gasteiger partial charge on any atom is -0.412 e. The number of hydrogen-bond donors (Lipinski definition) is 1. The van der Waals surface area contributed by atoms with Crippen molar-refractivity contribution >= 4 is 17.5 Å². The van der Waals surface area contributed by atoms with E-state index in [2.05, 4.69) is 13.2 Å². The molecule has 0 saturated heterocycles. The lowest BCUT2D eigenvalue weighted by Crippen LogP contribution is -1.84. The summed E-state index contributed by atoms with van der Waals surface area (Å²) >= 11 is 0. The first kappa shape index (κ1) is 23.9. The van der Waals surface area contributed by atoms with Crippen molar-refractivity contribution in [3.05, 3.63) is 53.6 Å². The number of nitrogens with zero attached hydrogens (tertiary/aromatic N) is 1. The van der Waals surface area contributed by atoms with E-state index in [9.17, 15) is 10.1 Å². The third kappa shape index (κ3) is 19.7. The van der Waals surface area contributed by atoms with Crippen LogP contribution in [0.5, 0.6) is 0 Å². The number of nitro groups is 1. The van der Waals surface area contributed by atoms with Gasteiger partial charge in [0, 0.05) is 12.1 Å². The van der Waals surface area contributed by atoms with Gasteiger partial charge in [0.25, 0.3) is 5.69 Å². The van der Waals surface area contributed by atoms with E-state index in [1.807, 2.05) is 0 Å². The third-order valence-electron chi connectivity index (χ3n) is 0.967. The van der Waals surface area contributed by atoms with Gasteiger partial charge in [0.15, 0.2) is 0 Å². The van der Waals surface area contributed by atoms with Crippen LogP contribution in [-0.4, -0.2) is 27.7 Å². The topological polar surface area (TPSA) is 147 Å². The van der Waals surface area contributed by atoms with Gasteiger partial charge >= 0.3 is 0 Å². The predicted molar refractivity (Wildman–Crippen MR) is 65.0 cm³/mol. The molecule has 5 N–H and O–H groups in total. The van der Waals surface area contributed by atoms with Gasteiger partial charge < -0.3 is 11.0 Å². The summed E-state index contributed by atoms with van der Waals surface area (Å²) in [7, 11) is 0. The highest BCUT2D eigenvalue weighted by Gasteiger charge is 1.98. The minimum absolute atomic E-state index is 0. The number of hydrogen-bond acceptors (Lipinski definition) is 4. The molecular formula is C10H14N2O5. The van der Waals surface area contributed by atoms with E-state index in [-0.39, 0.29) is 16.6 Å². The summed E-state index contributed by atoms with van der Waals surface area (Å²) in [5, 5.41) is 15.9. The summed E-state index contributed by atoms with van der Waals surface area (Å²) in [6.07, 6.45) is 0. The molecule has 0 atom stereocenters. The van der Waals surface area contributed by atoms with Gasteiger partial charge in [-0.15, -0.1) is 0 Å². The highest BCUT2D eigenvalue weighted by molar-refractivity contribution is 5.41. The Labute approximate surface area is 98.0 Å². The second-order valence-corrected chi connectivity index (χ2v) is 1.91. The normalized spacial score (nSPS) is 5.65. The molecule has 0 radical (unpaired) electrons. The van der Waals surface area contributed by atoms with Gasteiger partial charge in [0.05, 0.1) is 4.92 Å². The molecule has 7 nitrogen and oxygen atoms in total. The van der Waals surface area contributed by atoms with Crippen molar-refractivity contribution in [1.82, 2.24) is 0 Å². The zero-order valence-corrected chi connectivity index (χ0v) is 8.97. The van der Waals surface area contributed by atoms with Gasteiger partial charge in [-0.2, -0.15) is 0 Å². The van der Waals surface area contributed by atoms with Crippen LogP contribution >= 0.6 is 0 Å². The molecule has 0 aliphatic heterocycles. The fourth-order valence-corrected chi connectivity index (χ4v) is 0.550. The number of carbonyl (C=O) groups excluding carboxylic acids is 1. The first-order chi connectivity index (χ1) is 7.13. The van der Waals surface area contributed by atoms with Crippen LogP contribution in [0, 0.1) is 15.5 Å². The second kappa shape index (κ2) is 19.1. The quantitative estimate of drug-likeness (QED) is 0.328. The van der Waals surface area contributed by atoms with Crippen molar-refractivity contribution in [3.63, 3.8) is 0 Å². The Hall–Kier alpha value is -2.56. The van der Waals surface area contributed by atoms with Crippen LogP contribution in [0.3, 0.4) is 0 Å². The van der Waals surface area contributed by atoms with E-state index in [4.69, 9.17) is 10.2 Å². The standard InChI is InChI=1S/C6H5NO2.C2H3N.C2H2O.2H2O/c8-7(9)6-4-2-1-3-5-6;2*1-2-3;;/h1-5H;3H,1H2;1H2;2*1H2. The van der Waals surface area contributed by atoms with Crippen molar-refractivity contribution < 1.29 is 20.7 Å². The molecule has 0 fully saturated rings. The molecule has 0 aliphatic carbocycles. The van der Waals surface area contributed by atoms with E-state index < -0.39 is 4.92 Å². The Morgan fingerprint density at radius 1 is 1.18 bits per heavy atom. The van der Waals surface area contributed by atoms with Crippen molar-refractivity contribution in [2.24, 2.45) is 0 Å². The molecule has 0 unspecified atom stereocenters. The summed E-state index contributed by atoms with van der Waals surface area (Å²) < 4.78 is 0. The maximum absolute atomic E-state index is 10.0. The Morgan fingerprint density at radius 3 is 1.65 bits per heavy atom. The van der Waals surface area contributed by atoms with E-state index in [1.165, 1.54) is 18.1 Å². The molecule has 0 aliphatic rings. The van der Waals surface area contributed by atoms with Crippen LogP contribution in [0.2, 0.25) is 0 Å². The molecule has 94 valence electrons. The monoisotopic (exact) mass is 242 g/mol. The van der Waals surface area contributed by atoms with Crippen LogP contribution in [-0.2, 0) is 4.79 Å². The number of rotatable bonds is 1. The Kier molecular flexibility index (Phi) is 26.9. The van der Waals surface area contributed by atoms with Crippen LogP contribution in [0.25, 0.3) is 0 Å². The zero-order valence-electron chi connectivity index (χ0n) is 8.97. The zero-order chi connectivity index (χ0) is 12.1. The smallest absolute Gasteiger partial charge is 0.269 e. The molecule has 1 rings (SSSR count). The maximum atomic E-state index is 10.0. The number of nitrogens with one attached hydrogen (secondary N) is 1. The van der Waals surface area contributed by atoms with Crippen molar-refractivity contribution in [3.8, 4) is 0 Å². The Bertz CT molecular complexity index is 340. The lowest BCUT2D eigenvalue weighted by Gasteiger charge is -1.85. The average molecular weight is 242 g/mol. The summed E-state index contributed by atoms with van der Waals surface area (Å²) in [5.74, 6) is 3.00. The summed E-state index contributed by atoms with van der Waals surface area (Å²) in [4.78, 5) is 18.2. The van der Waals surface area contributed by atoms with Crippen LogP contribution < -0.4 is 0 Å². The lowest BCUT2D eigenvalue weighted by molar-refractivity contribution is -0.384. The van der Waals surface area contributed by atoms with Crippen LogP contribution in [0.4, 0.5) is 5.69 Å². The third-order valence-corrected chi connectivity index (χ3v) is 0.967. The molecule has 0 saturated carbocycles. The van der Waals surface area contributed by atoms with Crippen molar-refractivity contribution in [1.29, 1.82) is 5.41 Å². The average Bonchev–Trinajstić information content (AvgIpc) is 2.21. The molecule has 0 spiro atoms. The largest absolute Gasteiger partial charge is 0.412 e. The van der Waals surface area contributed by atoms with Gasteiger partial charge in [-0.3, -0.25) is 15.5 Å². The van der Waals surface area contributed by atoms with Crippen LogP contribution in [0.15, 0.2) is 43.5 Å². The number of benzene rings is 1. The molecule has 1 aromatic rings. The highest BCUT2D eigenvalue weighted by atomic mass is 16.6. The molecule has 1 aromatic carbocycles. The Morgan fingerprint density at radius 2 is 1.47 bits per heavy atom. The Balaban J connectivity index is -0.0000000917. The molecule has 0 aromatic heterocycles. The van der Waals surface area contributed by atoms with Gasteiger partial charge in [-0.1, -0.05) is 18.2 Å². The molecule has 0 bridgehead atoms. The van der Waals surface area contributed by atoms with Crippen molar-refractivity contribution in [2.45, 2.75) is 0 Å². The van der Waals surface area contributed by atoms with E-state index in [0.717, 1.165) is 0 Å². The molecule has 7 heteroatoms.